The van der Waals surface area contributed by atoms with Gasteiger partial charge in [-0.15, -0.1) is 0 Å². The van der Waals surface area contributed by atoms with Crippen molar-refractivity contribution in [3.63, 3.8) is 0 Å². The predicted molar refractivity (Wildman–Crippen MR) is 91.6 cm³/mol. The van der Waals surface area contributed by atoms with Crippen LogP contribution in [0.2, 0.25) is 0 Å². The van der Waals surface area contributed by atoms with Crippen molar-refractivity contribution in [1.82, 2.24) is 5.32 Å². The Labute approximate surface area is 146 Å². The van der Waals surface area contributed by atoms with Crippen LogP contribution in [0.25, 0.3) is 0 Å². The quantitative estimate of drug-likeness (QED) is 0.658. The smallest absolute Gasteiger partial charge is 0.421 e. The van der Waals surface area contributed by atoms with Gasteiger partial charge in [0.2, 0.25) is 0 Å². The second-order valence-electron chi connectivity index (χ2n) is 7.26. The summed E-state index contributed by atoms with van der Waals surface area (Å²) in [6.07, 6.45) is 2.31. The monoisotopic (exact) mass is 360 g/mol. The van der Waals surface area contributed by atoms with E-state index in [1.807, 2.05) is 0 Å². The summed E-state index contributed by atoms with van der Waals surface area (Å²) in [6, 6.07) is 4.21. The minimum absolute atomic E-state index is 0.183. The van der Waals surface area contributed by atoms with Crippen molar-refractivity contribution in [2.24, 2.45) is 0 Å². The number of benzene rings is 1. The number of halogens is 3. The number of anilines is 1. The fourth-order valence-electron chi connectivity index (χ4n) is 3.06. The van der Waals surface area contributed by atoms with Gasteiger partial charge in [0.25, 0.3) is 0 Å². The second kappa shape index (κ2) is 8.27. The van der Waals surface area contributed by atoms with Gasteiger partial charge in [-0.1, -0.05) is 19.3 Å². The van der Waals surface area contributed by atoms with Gasteiger partial charge in [0.15, 0.2) is 11.6 Å². The molecule has 7 heteroatoms. The van der Waals surface area contributed by atoms with E-state index in [2.05, 4.69) is 29.2 Å². The van der Waals surface area contributed by atoms with E-state index in [-0.39, 0.29) is 5.54 Å². The van der Waals surface area contributed by atoms with E-state index < -0.39 is 24.3 Å². The van der Waals surface area contributed by atoms with Crippen molar-refractivity contribution >= 4 is 5.69 Å². The minimum atomic E-state index is -3.80. The lowest BCUT2D eigenvalue weighted by atomic mass is 9.92. The van der Waals surface area contributed by atoms with E-state index in [1.165, 1.54) is 38.2 Å². The molecule has 1 aromatic carbocycles. The van der Waals surface area contributed by atoms with Crippen molar-refractivity contribution in [2.45, 2.75) is 63.6 Å². The topological polar surface area (TPSA) is 53.5 Å². The number of aliphatic hydroxyl groups excluding tert-OH is 1. The van der Waals surface area contributed by atoms with Crippen molar-refractivity contribution in [1.29, 1.82) is 0 Å². The highest BCUT2D eigenvalue weighted by Gasteiger charge is 2.31. The Kier molecular flexibility index (Phi) is 6.57. The fourth-order valence-corrected chi connectivity index (χ4v) is 3.06. The van der Waals surface area contributed by atoms with Crippen LogP contribution in [0.4, 0.5) is 18.9 Å². The molecule has 0 saturated heterocycles. The van der Waals surface area contributed by atoms with Crippen LogP contribution in [-0.4, -0.2) is 35.9 Å². The molecule has 4 nitrogen and oxygen atoms in total. The van der Waals surface area contributed by atoms with Crippen molar-refractivity contribution < 1.29 is 23.0 Å². The molecule has 2 rings (SSSR count). The Hall–Kier alpha value is -1.47. The van der Waals surface area contributed by atoms with Gasteiger partial charge in [-0.05, 0) is 38.8 Å². The third-order valence-corrected chi connectivity index (χ3v) is 4.31. The molecule has 0 radical (unpaired) electrons. The average Bonchev–Trinajstić information content (AvgIpc) is 2.56. The molecule has 3 N–H and O–H groups in total. The Bertz CT molecular complexity index is 561. The molecule has 0 heterocycles. The molecule has 1 aliphatic rings. The number of alkyl halides is 2. The van der Waals surface area contributed by atoms with Gasteiger partial charge in [0.05, 0.1) is 0 Å². The standard InChI is InChI=1S/C18H27F3N2O2/c1-17(2,23-13-6-4-3-5-7-13)11-22-14-8-9-16(15(19)10-14)25-18(20,21)12-24/h8-10,13,22-24H,3-7,11-12H2,1-2H3. The summed E-state index contributed by atoms with van der Waals surface area (Å²) in [7, 11) is 0. The Morgan fingerprint density at radius 1 is 1.20 bits per heavy atom. The summed E-state index contributed by atoms with van der Waals surface area (Å²) in [5.74, 6) is -1.50. The molecular weight excluding hydrogens is 333 g/mol. The van der Waals surface area contributed by atoms with Crippen LogP contribution in [-0.2, 0) is 0 Å². The van der Waals surface area contributed by atoms with Gasteiger partial charge in [-0.3, -0.25) is 0 Å². The second-order valence-corrected chi connectivity index (χ2v) is 7.26. The number of rotatable bonds is 8. The number of ether oxygens (including phenoxy) is 1. The van der Waals surface area contributed by atoms with Crippen molar-refractivity contribution in [2.75, 3.05) is 18.5 Å². The van der Waals surface area contributed by atoms with Gasteiger partial charge >= 0.3 is 6.11 Å². The summed E-state index contributed by atoms with van der Waals surface area (Å²) in [6.45, 7) is 3.21. The maximum absolute atomic E-state index is 13.9. The Morgan fingerprint density at radius 3 is 2.48 bits per heavy atom. The molecular formula is C18H27F3N2O2. The van der Waals surface area contributed by atoms with E-state index in [4.69, 9.17) is 5.11 Å². The zero-order chi connectivity index (χ0) is 18.5. The van der Waals surface area contributed by atoms with Gasteiger partial charge < -0.3 is 20.5 Å². The molecule has 0 bridgehead atoms. The maximum Gasteiger partial charge on any atom is 0.421 e. The molecule has 0 amide bonds. The summed E-state index contributed by atoms with van der Waals surface area (Å²) in [5, 5.41) is 15.2. The molecule has 25 heavy (non-hydrogen) atoms. The van der Waals surface area contributed by atoms with E-state index in [0.29, 0.717) is 18.3 Å². The average molecular weight is 360 g/mol. The molecule has 0 spiro atoms. The molecule has 1 saturated carbocycles. The van der Waals surface area contributed by atoms with Gasteiger partial charge in [-0.2, -0.15) is 8.78 Å². The third kappa shape index (κ3) is 6.40. The third-order valence-electron chi connectivity index (χ3n) is 4.31. The largest absolute Gasteiger partial charge is 0.428 e. The highest BCUT2D eigenvalue weighted by atomic mass is 19.3. The van der Waals surface area contributed by atoms with Gasteiger partial charge in [-0.25, -0.2) is 4.39 Å². The maximum atomic E-state index is 13.9. The molecule has 0 unspecified atom stereocenters. The molecule has 1 aliphatic carbocycles. The summed E-state index contributed by atoms with van der Waals surface area (Å²) in [4.78, 5) is 0. The van der Waals surface area contributed by atoms with Crippen LogP contribution in [0, 0.1) is 5.82 Å². The molecule has 0 aliphatic heterocycles. The highest BCUT2D eigenvalue weighted by Crippen LogP contribution is 2.27. The lowest BCUT2D eigenvalue weighted by Crippen LogP contribution is -2.50. The van der Waals surface area contributed by atoms with Crippen LogP contribution in [0.3, 0.4) is 0 Å². The highest BCUT2D eigenvalue weighted by molar-refractivity contribution is 5.47. The number of hydrogen-bond donors (Lipinski definition) is 3. The lowest BCUT2D eigenvalue weighted by molar-refractivity contribution is -0.202. The molecule has 142 valence electrons. The van der Waals surface area contributed by atoms with Crippen LogP contribution in [0.15, 0.2) is 18.2 Å². The van der Waals surface area contributed by atoms with Crippen LogP contribution < -0.4 is 15.4 Å². The summed E-state index contributed by atoms with van der Waals surface area (Å²) >= 11 is 0. The molecule has 0 atom stereocenters. The van der Waals surface area contributed by atoms with E-state index >= 15 is 0 Å². The zero-order valence-corrected chi connectivity index (χ0v) is 14.7. The first kappa shape index (κ1) is 19.8. The first-order valence-electron chi connectivity index (χ1n) is 8.70. The Balaban J connectivity index is 1.90. The van der Waals surface area contributed by atoms with Crippen LogP contribution >= 0.6 is 0 Å². The lowest BCUT2D eigenvalue weighted by Gasteiger charge is -2.34. The normalized spacial score (nSPS) is 16.7. The van der Waals surface area contributed by atoms with Gasteiger partial charge in [0, 0.05) is 29.9 Å². The number of aliphatic hydroxyl groups is 1. The van der Waals surface area contributed by atoms with E-state index in [0.717, 1.165) is 12.1 Å². The number of nitrogens with one attached hydrogen (secondary N) is 2. The molecule has 1 aromatic rings. The van der Waals surface area contributed by atoms with Crippen LogP contribution in [0.5, 0.6) is 5.75 Å². The van der Waals surface area contributed by atoms with Crippen molar-refractivity contribution in [3.8, 4) is 5.75 Å². The van der Waals surface area contributed by atoms with Gasteiger partial charge in [0.1, 0.15) is 6.61 Å². The number of hydrogen-bond acceptors (Lipinski definition) is 4. The van der Waals surface area contributed by atoms with Crippen LogP contribution in [0.1, 0.15) is 46.0 Å². The molecule has 0 aromatic heterocycles. The minimum Gasteiger partial charge on any atom is -0.428 e. The zero-order valence-electron chi connectivity index (χ0n) is 14.7. The summed E-state index contributed by atoms with van der Waals surface area (Å²) in [5.41, 5.74) is 0.299. The van der Waals surface area contributed by atoms with E-state index in [9.17, 15) is 13.2 Å². The van der Waals surface area contributed by atoms with E-state index in [1.54, 1.807) is 0 Å². The predicted octanol–water partition coefficient (Wildman–Crippen LogP) is 3.90. The Morgan fingerprint density at radius 2 is 1.88 bits per heavy atom. The SMILES string of the molecule is CC(C)(CNc1ccc(OC(F)(F)CO)c(F)c1)NC1CCCCC1. The first-order valence-corrected chi connectivity index (χ1v) is 8.70. The molecule has 1 fully saturated rings. The first-order chi connectivity index (χ1) is 11.7. The fraction of sp³-hybridized carbons (Fsp3) is 0.667. The summed E-state index contributed by atoms with van der Waals surface area (Å²) < 4.78 is 44.1. The van der Waals surface area contributed by atoms with Crippen molar-refractivity contribution in [3.05, 3.63) is 24.0 Å².